The molecule has 3 rings (SSSR count). The van der Waals surface area contributed by atoms with E-state index in [0.29, 0.717) is 25.9 Å². The number of carbonyl (C=O) groups is 1. The lowest BCUT2D eigenvalue weighted by atomic mass is 9.85. The van der Waals surface area contributed by atoms with E-state index < -0.39 is 11.5 Å². The number of piperidine rings is 1. The molecule has 0 aliphatic carbocycles. The third-order valence-electron chi connectivity index (χ3n) is 4.03. The maximum Gasteiger partial charge on any atom is 0.233 e. The number of aliphatic hydroxyl groups is 1. The SMILES string of the molecule is Cc1nnc(SCC(=O)N2CCC(O)(c3cccnc3F)CC2)s1. The highest BCUT2D eigenvalue weighted by Crippen LogP contribution is 2.34. The lowest BCUT2D eigenvalue weighted by molar-refractivity contribution is -0.133. The van der Waals surface area contributed by atoms with Gasteiger partial charge in [0.05, 0.1) is 11.4 Å². The van der Waals surface area contributed by atoms with Crippen LogP contribution in [0.3, 0.4) is 0 Å². The molecule has 9 heteroatoms. The van der Waals surface area contributed by atoms with E-state index in [1.807, 2.05) is 6.92 Å². The normalized spacial score (nSPS) is 17.0. The Morgan fingerprint density at radius 1 is 1.46 bits per heavy atom. The van der Waals surface area contributed by atoms with Crippen molar-refractivity contribution in [2.24, 2.45) is 0 Å². The molecule has 3 heterocycles. The van der Waals surface area contributed by atoms with Crippen LogP contribution < -0.4 is 0 Å². The molecule has 1 amide bonds. The summed E-state index contributed by atoms with van der Waals surface area (Å²) in [6.45, 7) is 2.64. The average Bonchev–Trinajstić information content (AvgIpc) is 2.99. The first kappa shape index (κ1) is 17.2. The number of likely N-dealkylation sites (tertiary alicyclic amines) is 1. The summed E-state index contributed by atoms with van der Waals surface area (Å²) < 4.78 is 14.6. The quantitative estimate of drug-likeness (QED) is 0.657. The molecule has 24 heavy (non-hydrogen) atoms. The molecule has 0 aromatic carbocycles. The first-order valence-electron chi connectivity index (χ1n) is 7.52. The van der Waals surface area contributed by atoms with Crippen molar-refractivity contribution in [3.05, 3.63) is 34.8 Å². The van der Waals surface area contributed by atoms with Gasteiger partial charge in [-0.1, -0.05) is 29.2 Å². The van der Waals surface area contributed by atoms with Crippen LogP contribution in [0.15, 0.2) is 22.7 Å². The molecule has 0 unspecified atom stereocenters. The highest BCUT2D eigenvalue weighted by Gasteiger charge is 2.37. The first-order chi connectivity index (χ1) is 11.5. The van der Waals surface area contributed by atoms with Crippen molar-refractivity contribution in [1.82, 2.24) is 20.1 Å². The van der Waals surface area contributed by atoms with Crippen LogP contribution in [0, 0.1) is 12.9 Å². The summed E-state index contributed by atoms with van der Waals surface area (Å²) in [5, 5.41) is 19.5. The maximum atomic E-state index is 13.8. The Hall–Kier alpha value is -1.58. The van der Waals surface area contributed by atoms with Gasteiger partial charge in [-0.15, -0.1) is 10.2 Å². The van der Waals surface area contributed by atoms with Gasteiger partial charge in [-0.05, 0) is 25.8 Å². The molecular formula is C15H17FN4O2S2. The second kappa shape index (κ2) is 7.12. The number of carbonyl (C=O) groups excluding carboxylic acids is 1. The molecule has 2 aromatic heterocycles. The summed E-state index contributed by atoms with van der Waals surface area (Å²) in [5.41, 5.74) is -1.06. The molecule has 2 aromatic rings. The van der Waals surface area contributed by atoms with E-state index in [4.69, 9.17) is 0 Å². The van der Waals surface area contributed by atoms with Crippen LogP contribution in [0.4, 0.5) is 4.39 Å². The van der Waals surface area contributed by atoms with Gasteiger partial charge < -0.3 is 10.0 Å². The van der Waals surface area contributed by atoms with Crippen molar-refractivity contribution in [2.45, 2.75) is 29.7 Å². The summed E-state index contributed by atoms with van der Waals surface area (Å²) in [6, 6.07) is 3.15. The van der Waals surface area contributed by atoms with E-state index in [1.165, 1.54) is 29.3 Å². The molecule has 0 bridgehead atoms. The molecule has 1 aliphatic heterocycles. The van der Waals surface area contributed by atoms with Gasteiger partial charge in [0.1, 0.15) is 5.01 Å². The Morgan fingerprint density at radius 2 is 2.21 bits per heavy atom. The fourth-order valence-corrected chi connectivity index (χ4v) is 4.40. The molecular weight excluding hydrogens is 351 g/mol. The number of rotatable bonds is 4. The number of pyridine rings is 1. The highest BCUT2D eigenvalue weighted by molar-refractivity contribution is 8.01. The molecule has 1 N–H and O–H groups in total. The van der Waals surface area contributed by atoms with Gasteiger partial charge in [-0.2, -0.15) is 4.39 Å². The molecule has 0 saturated carbocycles. The van der Waals surface area contributed by atoms with Crippen LogP contribution in [-0.4, -0.2) is 49.9 Å². The third kappa shape index (κ3) is 3.73. The van der Waals surface area contributed by atoms with Gasteiger partial charge in [0.25, 0.3) is 0 Å². The Balaban J connectivity index is 1.56. The summed E-state index contributed by atoms with van der Waals surface area (Å²) in [4.78, 5) is 17.6. The zero-order valence-electron chi connectivity index (χ0n) is 13.1. The summed E-state index contributed by atoms with van der Waals surface area (Å²) in [5.74, 6) is -0.377. The minimum atomic E-state index is -1.27. The molecule has 0 atom stereocenters. The van der Waals surface area contributed by atoms with Crippen molar-refractivity contribution in [3.8, 4) is 0 Å². The Labute approximate surface area is 147 Å². The number of aromatic nitrogens is 3. The van der Waals surface area contributed by atoms with Gasteiger partial charge in [0.15, 0.2) is 4.34 Å². The van der Waals surface area contributed by atoms with Crippen LogP contribution in [0.5, 0.6) is 0 Å². The zero-order chi connectivity index (χ0) is 17.2. The van der Waals surface area contributed by atoms with Crippen molar-refractivity contribution in [3.63, 3.8) is 0 Å². The fraction of sp³-hybridized carbons (Fsp3) is 0.467. The largest absolute Gasteiger partial charge is 0.385 e. The predicted octanol–water partition coefficient (Wildman–Crippen LogP) is 1.98. The van der Waals surface area contributed by atoms with Crippen molar-refractivity contribution < 1.29 is 14.3 Å². The van der Waals surface area contributed by atoms with Gasteiger partial charge in [-0.3, -0.25) is 4.79 Å². The molecule has 0 spiro atoms. The highest BCUT2D eigenvalue weighted by atomic mass is 32.2. The van der Waals surface area contributed by atoms with Crippen LogP contribution in [0.1, 0.15) is 23.4 Å². The smallest absolute Gasteiger partial charge is 0.233 e. The molecule has 1 fully saturated rings. The molecule has 1 aliphatic rings. The summed E-state index contributed by atoms with van der Waals surface area (Å²) in [6.07, 6.45) is 1.95. The van der Waals surface area contributed by atoms with Crippen molar-refractivity contribution in [2.75, 3.05) is 18.8 Å². The number of thioether (sulfide) groups is 1. The minimum Gasteiger partial charge on any atom is -0.385 e. The standard InChI is InChI=1S/C15H17FN4O2S2/c1-10-18-19-14(24-10)23-9-12(21)20-7-4-15(22,5-8-20)11-3-2-6-17-13(11)16/h2-3,6,22H,4-5,7-9H2,1H3. The zero-order valence-corrected chi connectivity index (χ0v) is 14.7. The van der Waals surface area contributed by atoms with Gasteiger partial charge >= 0.3 is 0 Å². The first-order valence-corrected chi connectivity index (χ1v) is 9.32. The minimum absolute atomic E-state index is 0.0124. The maximum absolute atomic E-state index is 13.8. The fourth-order valence-electron chi connectivity index (χ4n) is 2.68. The van der Waals surface area contributed by atoms with Crippen molar-refractivity contribution >= 4 is 29.0 Å². The second-order valence-corrected chi connectivity index (χ2v) is 8.03. The van der Waals surface area contributed by atoms with E-state index in [2.05, 4.69) is 15.2 Å². The predicted molar refractivity (Wildman–Crippen MR) is 89.3 cm³/mol. The van der Waals surface area contributed by atoms with E-state index in [9.17, 15) is 14.3 Å². The Bertz CT molecular complexity index is 732. The van der Waals surface area contributed by atoms with Gasteiger partial charge in [0, 0.05) is 24.8 Å². The number of hydrogen-bond donors (Lipinski definition) is 1. The molecule has 128 valence electrons. The van der Waals surface area contributed by atoms with Crippen molar-refractivity contribution in [1.29, 1.82) is 0 Å². The Kier molecular flexibility index (Phi) is 5.12. The van der Waals surface area contributed by atoms with Crippen LogP contribution in [0.25, 0.3) is 0 Å². The topological polar surface area (TPSA) is 79.2 Å². The number of hydrogen-bond acceptors (Lipinski definition) is 7. The lowest BCUT2D eigenvalue weighted by Crippen LogP contribution is -2.46. The lowest BCUT2D eigenvalue weighted by Gasteiger charge is -2.38. The van der Waals surface area contributed by atoms with E-state index in [1.54, 1.807) is 17.0 Å². The summed E-state index contributed by atoms with van der Waals surface area (Å²) >= 11 is 2.82. The van der Waals surface area contributed by atoms with E-state index >= 15 is 0 Å². The third-order valence-corrected chi connectivity index (χ3v) is 5.99. The van der Waals surface area contributed by atoms with Crippen LogP contribution in [-0.2, 0) is 10.4 Å². The van der Waals surface area contributed by atoms with Crippen LogP contribution in [0.2, 0.25) is 0 Å². The van der Waals surface area contributed by atoms with E-state index in [-0.39, 0.29) is 17.2 Å². The average molecular weight is 368 g/mol. The van der Waals surface area contributed by atoms with E-state index in [0.717, 1.165) is 9.35 Å². The summed E-state index contributed by atoms with van der Waals surface area (Å²) in [7, 11) is 0. The number of halogens is 1. The Morgan fingerprint density at radius 3 is 2.83 bits per heavy atom. The van der Waals surface area contributed by atoms with Gasteiger partial charge in [-0.25, -0.2) is 4.98 Å². The van der Waals surface area contributed by atoms with Crippen LogP contribution >= 0.6 is 23.1 Å². The molecule has 0 radical (unpaired) electrons. The second-order valence-electron chi connectivity index (χ2n) is 5.63. The molecule has 1 saturated heterocycles. The number of nitrogens with zero attached hydrogens (tertiary/aromatic N) is 4. The number of amides is 1. The van der Waals surface area contributed by atoms with Gasteiger partial charge in [0.2, 0.25) is 11.9 Å². The molecule has 6 nitrogen and oxygen atoms in total. The monoisotopic (exact) mass is 368 g/mol. The number of aryl methyl sites for hydroxylation is 1.